The lowest BCUT2D eigenvalue weighted by molar-refractivity contribution is -0.139. The Kier molecular flexibility index (Phi) is 6.50. The summed E-state index contributed by atoms with van der Waals surface area (Å²) in [6, 6.07) is 19.5. The highest BCUT2D eigenvalue weighted by atomic mass is 32.2. The van der Waals surface area contributed by atoms with Crippen molar-refractivity contribution in [3.05, 3.63) is 94.4 Å². The van der Waals surface area contributed by atoms with Gasteiger partial charge in [-0.05, 0) is 11.1 Å². The molecule has 2 aromatic carbocycles. The SMILES string of the molecule is COC(=O)C1=C(C(=O)OC)C(/C=C/c2ccccc2)C=C(c2ccccc2)S1. The monoisotopic (exact) mass is 392 g/mol. The molecule has 0 saturated heterocycles. The van der Waals surface area contributed by atoms with Gasteiger partial charge < -0.3 is 9.47 Å². The van der Waals surface area contributed by atoms with E-state index < -0.39 is 17.9 Å². The summed E-state index contributed by atoms with van der Waals surface area (Å²) in [6.45, 7) is 0. The van der Waals surface area contributed by atoms with Crippen molar-refractivity contribution in [1.29, 1.82) is 0 Å². The van der Waals surface area contributed by atoms with Gasteiger partial charge in [0.05, 0.1) is 19.8 Å². The predicted molar refractivity (Wildman–Crippen MR) is 112 cm³/mol. The number of hydrogen-bond acceptors (Lipinski definition) is 5. The van der Waals surface area contributed by atoms with Crippen LogP contribution in [0.15, 0.2) is 83.3 Å². The Labute approximate surface area is 168 Å². The summed E-state index contributed by atoms with van der Waals surface area (Å²) in [7, 11) is 2.61. The third kappa shape index (κ3) is 4.43. The third-order valence-electron chi connectivity index (χ3n) is 4.25. The van der Waals surface area contributed by atoms with E-state index in [1.165, 1.54) is 26.0 Å². The highest BCUT2D eigenvalue weighted by Gasteiger charge is 2.32. The molecule has 142 valence electrons. The third-order valence-corrected chi connectivity index (χ3v) is 5.43. The van der Waals surface area contributed by atoms with Gasteiger partial charge in [0.1, 0.15) is 4.91 Å². The van der Waals surface area contributed by atoms with Gasteiger partial charge in [0, 0.05) is 10.8 Å². The van der Waals surface area contributed by atoms with E-state index in [2.05, 4.69) is 0 Å². The maximum Gasteiger partial charge on any atom is 0.345 e. The fourth-order valence-electron chi connectivity index (χ4n) is 2.87. The van der Waals surface area contributed by atoms with E-state index in [4.69, 9.17) is 9.47 Å². The number of hydrogen-bond donors (Lipinski definition) is 0. The second-order valence-corrected chi connectivity index (χ2v) is 7.07. The van der Waals surface area contributed by atoms with Gasteiger partial charge in [0.25, 0.3) is 0 Å². The second kappa shape index (κ2) is 9.24. The molecule has 28 heavy (non-hydrogen) atoms. The van der Waals surface area contributed by atoms with Gasteiger partial charge in [-0.15, -0.1) is 0 Å². The van der Waals surface area contributed by atoms with Gasteiger partial charge in [-0.3, -0.25) is 0 Å². The molecule has 0 N–H and O–H groups in total. The fourth-order valence-corrected chi connectivity index (χ4v) is 4.05. The first kappa shape index (κ1) is 19.7. The molecule has 1 aliphatic rings. The molecule has 0 amide bonds. The molecule has 4 nitrogen and oxygen atoms in total. The van der Waals surface area contributed by atoms with Gasteiger partial charge in [-0.25, -0.2) is 9.59 Å². The average molecular weight is 392 g/mol. The zero-order valence-corrected chi connectivity index (χ0v) is 16.4. The van der Waals surface area contributed by atoms with E-state index in [0.29, 0.717) is 0 Å². The molecule has 0 radical (unpaired) electrons. The Morgan fingerprint density at radius 1 is 0.893 bits per heavy atom. The van der Waals surface area contributed by atoms with Crippen molar-refractivity contribution < 1.29 is 19.1 Å². The van der Waals surface area contributed by atoms with Gasteiger partial charge in [-0.1, -0.05) is 90.7 Å². The van der Waals surface area contributed by atoms with Crippen LogP contribution >= 0.6 is 11.8 Å². The molecule has 1 atom stereocenters. The van der Waals surface area contributed by atoms with E-state index in [0.717, 1.165) is 16.0 Å². The maximum absolute atomic E-state index is 12.5. The van der Waals surface area contributed by atoms with Crippen molar-refractivity contribution in [2.24, 2.45) is 5.92 Å². The molecule has 0 aromatic heterocycles. The van der Waals surface area contributed by atoms with Gasteiger partial charge >= 0.3 is 11.9 Å². The summed E-state index contributed by atoms with van der Waals surface area (Å²) in [5.74, 6) is -1.51. The van der Waals surface area contributed by atoms with Crippen LogP contribution < -0.4 is 0 Å². The lowest BCUT2D eigenvalue weighted by Gasteiger charge is -2.23. The number of allylic oxidation sites excluding steroid dienone is 2. The number of methoxy groups -OCH3 is 2. The molecule has 0 spiro atoms. The summed E-state index contributed by atoms with van der Waals surface area (Å²) in [5.41, 5.74) is 2.25. The summed E-state index contributed by atoms with van der Waals surface area (Å²) < 4.78 is 9.89. The topological polar surface area (TPSA) is 52.6 Å². The molecule has 0 bridgehead atoms. The molecular formula is C23H20O4S. The minimum Gasteiger partial charge on any atom is -0.466 e. The van der Waals surface area contributed by atoms with E-state index >= 15 is 0 Å². The summed E-state index contributed by atoms with van der Waals surface area (Å²) in [6.07, 6.45) is 5.79. The van der Waals surface area contributed by atoms with E-state index in [9.17, 15) is 9.59 Å². The average Bonchev–Trinajstić information content (AvgIpc) is 2.77. The first-order chi connectivity index (χ1) is 13.6. The molecule has 1 heterocycles. The molecule has 0 saturated carbocycles. The predicted octanol–water partition coefficient (Wildman–Crippen LogP) is 4.70. The highest BCUT2D eigenvalue weighted by molar-refractivity contribution is 8.12. The van der Waals surface area contributed by atoms with Crippen LogP contribution in [-0.4, -0.2) is 26.2 Å². The Morgan fingerprint density at radius 3 is 2.11 bits per heavy atom. The maximum atomic E-state index is 12.5. The van der Waals surface area contributed by atoms with E-state index in [-0.39, 0.29) is 10.5 Å². The molecule has 1 aliphatic heterocycles. The fraction of sp³-hybridized carbons (Fsp3) is 0.130. The number of ether oxygens (including phenoxy) is 2. The lowest BCUT2D eigenvalue weighted by Crippen LogP contribution is -2.20. The lowest BCUT2D eigenvalue weighted by atomic mass is 9.94. The summed E-state index contributed by atoms with van der Waals surface area (Å²) >= 11 is 1.23. The second-order valence-electron chi connectivity index (χ2n) is 6.02. The number of esters is 2. The van der Waals surface area contributed by atoms with Crippen LogP contribution in [0.1, 0.15) is 11.1 Å². The molecule has 2 aromatic rings. The van der Waals surface area contributed by atoms with Crippen molar-refractivity contribution in [2.75, 3.05) is 14.2 Å². The Morgan fingerprint density at radius 2 is 1.50 bits per heavy atom. The summed E-state index contributed by atoms with van der Waals surface area (Å²) in [4.78, 5) is 26.1. The summed E-state index contributed by atoms with van der Waals surface area (Å²) in [5, 5.41) is 0. The normalized spacial score (nSPS) is 16.6. The van der Waals surface area contributed by atoms with Gasteiger partial charge in [-0.2, -0.15) is 0 Å². The standard InChI is InChI=1S/C23H20O4S/c1-26-22(24)20-18(14-13-16-9-5-3-6-10-16)15-19(17-11-7-4-8-12-17)28-21(20)23(25)27-2/h3-15,18H,1-2H3/b14-13+. The molecule has 0 aliphatic carbocycles. The van der Waals surface area contributed by atoms with Crippen LogP contribution in [0.5, 0.6) is 0 Å². The van der Waals surface area contributed by atoms with Crippen LogP contribution in [0.4, 0.5) is 0 Å². The van der Waals surface area contributed by atoms with Crippen molar-refractivity contribution in [1.82, 2.24) is 0 Å². The van der Waals surface area contributed by atoms with Gasteiger partial charge in [0.15, 0.2) is 0 Å². The Bertz CT molecular complexity index is 943. The molecular weight excluding hydrogens is 372 g/mol. The van der Waals surface area contributed by atoms with Crippen LogP contribution in [0, 0.1) is 5.92 Å². The molecule has 3 rings (SSSR count). The van der Waals surface area contributed by atoms with Crippen LogP contribution in [0.3, 0.4) is 0 Å². The van der Waals surface area contributed by atoms with Crippen LogP contribution in [0.2, 0.25) is 0 Å². The Hall–Kier alpha value is -3.05. The molecule has 1 unspecified atom stereocenters. The molecule has 5 heteroatoms. The van der Waals surface area contributed by atoms with Gasteiger partial charge in [0.2, 0.25) is 0 Å². The highest BCUT2D eigenvalue weighted by Crippen LogP contribution is 2.44. The number of carbonyl (C=O) groups is 2. The minimum absolute atomic E-state index is 0.249. The number of rotatable bonds is 5. The Balaban J connectivity index is 2.09. The largest absolute Gasteiger partial charge is 0.466 e. The van der Waals surface area contributed by atoms with E-state index in [1.54, 1.807) is 0 Å². The zero-order chi connectivity index (χ0) is 19.9. The van der Waals surface area contributed by atoms with Crippen molar-refractivity contribution in [2.45, 2.75) is 0 Å². The van der Waals surface area contributed by atoms with E-state index in [1.807, 2.05) is 78.9 Å². The number of carbonyl (C=O) groups excluding carboxylic acids is 2. The quantitative estimate of drug-likeness (QED) is 0.690. The van der Waals surface area contributed by atoms with Crippen LogP contribution in [-0.2, 0) is 19.1 Å². The zero-order valence-electron chi connectivity index (χ0n) is 15.6. The van der Waals surface area contributed by atoms with Crippen molar-refractivity contribution >= 4 is 34.7 Å². The first-order valence-corrected chi connectivity index (χ1v) is 9.55. The number of benzene rings is 2. The number of thioether (sulfide) groups is 1. The smallest absolute Gasteiger partial charge is 0.345 e. The minimum atomic E-state index is -0.551. The van der Waals surface area contributed by atoms with Crippen molar-refractivity contribution in [3.8, 4) is 0 Å². The molecule has 0 fully saturated rings. The first-order valence-electron chi connectivity index (χ1n) is 8.73. The van der Waals surface area contributed by atoms with Crippen molar-refractivity contribution in [3.63, 3.8) is 0 Å². The van der Waals surface area contributed by atoms with Crippen LogP contribution in [0.25, 0.3) is 11.0 Å².